The second-order valence-electron chi connectivity index (χ2n) is 5.17. The zero-order valence-electron chi connectivity index (χ0n) is 12.3. The minimum absolute atomic E-state index is 0.191. The first-order chi connectivity index (χ1) is 10.7. The Hall–Kier alpha value is -2.63. The number of fused-ring (bicyclic) bond motifs is 1. The highest BCUT2D eigenvalue weighted by molar-refractivity contribution is 5.98. The summed E-state index contributed by atoms with van der Waals surface area (Å²) < 4.78 is 17.4. The van der Waals surface area contributed by atoms with Crippen LogP contribution in [0.25, 0.3) is 10.9 Å². The van der Waals surface area contributed by atoms with E-state index in [4.69, 9.17) is 0 Å². The van der Waals surface area contributed by atoms with Gasteiger partial charge in [-0.25, -0.2) is 9.37 Å². The Morgan fingerprint density at radius 3 is 3.00 bits per heavy atom. The van der Waals surface area contributed by atoms with Crippen molar-refractivity contribution in [1.29, 1.82) is 0 Å². The lowest BCUT2D eigenvalue weighted by Gasteiger charge is -2.07. The van der Waals surface area contributed by atoms with E-state index in [2.05, 4.69) is 10.3 Å². The predicted molar refractivity (Wildman–Crippen MR) is 82.1 cm³/mol. The molecule has 0 radical (unpaired) electrons. The lowest BCUT2D eigenvalue weighted by molar-refractivity contribution is 0.0945. The third kappa shape index (κ3) is 2.72. The van der Waals surface area contributed by atoms with Gasteiger partial charge < -0.3 is 14.5 Å². The maximum Gasteiger partial charge on any atom is 0.267 e. The van der Waals surface area contributed by atoms with E-state index in [-0.39, 0.29) is 11.7 Å². The number of nitrogens with one attached hydrogen (secondary N) is 1. The van der Waals surface area contributed by atoms with E-state index in [0.29, 0.717) is 23.1 Å². The van der Waals surface area contributed by atoms with Crippen molar-refractivity contribution in [3.8, 4) is 0 Å². The highest BCUT2D eigenvalue weighted by Gasteiger charge is 2.14. The number of hydrogen-bond acceptors (Lipinski definition) is 2. The summed E-state index contributed by atoms with van der Waals surface area (Å²) in [5.41, 5.74) is 1.17. The van der Waals surface area contributed by atoms with Crippen LogP contribution in [0, 0.1) is 5.82 Å². The van der Waals surface area contributed by atoms with Crippen LogP contribution >= 0.6 is 0 Å². The fourth-order valence-corrected chi connectivity index (χ4v) is 2.52. The van der Waals surface area contributed by atoms with Crippen molar-refractivity contribution in [3.63, 3.8) is 0 Å². The minimum Gasteiger partial charge on any atom is -0.351 e. The molecule has 0 bridgehead atoms. The molecule has 22 heavy (non-hydrogen) atoms. The van der Waals surface area contributed by atoms with E-state index in [9.17, 15) is 9.18 Å². The molecule has 0 fully saturated rings. The number of nitrogens with zero attached hydrogens (tertiary/aromatic N) is 3. The van der Waals surface area contributed by atoms with Crippen molar-refractivity contribution in [2.75, 3.05) is 6.54 Å². The summed E-state index contributed by atoms with van der Waals surface area (Å²) in [6.07, 6.45) is 6.16. The molecule has 1 N–H and O–H groups in total. The third-order valence-electron chi connectivity index (χ3n) is 3.70. The van der Waals surface area contributed by atoms with Crippen LogP contribution in [-0.4, -0.2) is 26.6 Å². The molecule has 2 aromatic heterocycles. The molecule has 0 saturated heterocycles. The number of carbonyl (C=O) groups excluding carboxylic acids is 1. The fourth-order valence-electron chi connectivity index (χ4n) is 2.52. The topological polar surface area (TPSA) is 51.9 Å². The van der Waals surface area contributed by atoms with Crippen LogP contribution in [0.2, 0.25) is 0 Å². The molecule has 0 saturated carbocycles. The number of aromatic nitrogens is 3. The summed E-state index contributed by atoms with van der Waals surface area (Å²) in [5, 5.41) is 3.33. The van der Waals surface area contributed by atoms with Crippen LogP contribution in [0.1, 0.15) is 16.9 Å². The Kier molecular flexibility index (Phi) is 3.91. The molecule has 0 aliphatic carbocycles. The van der Waals surface area contributed by atoms with Crippen LogP contribution in [0.3, 0.4) is 0 Å². The van der Waals surface area contributed by atoms with Crippen molar-refractivity contribution in [3.05, 3.63) is 54.5 Å². The van der Waals surface area contributed by atoms with Gasteiger partial charge in [-0.1, -0.05) is 6.07 Å². The number of imidazole rings is 1. The van der Waals surface area contributed by atoms with E-state index < -0.39 is 0 Å². The van der Waals surface area contributed by atoms with Gasteiger partial charge in [-0.15, -0.1) is 0 Å². The smallest absolute Gasteiger partial charge is 0.267 e. The van der Waals surface area contributed by atoms with E-state index in [1.54, 1.807) is 42.3 Å². The van der Waals surface area contributed by atoms with Crippen LogP contribution in [-0.2, 0) is 13.6 Å². The van der Waals surface area contributed by atoms with Crippen molar-refractivity contribution in [2.45, 2.75) is 13.0 Å². The first kappa shape index (κ1) is 14.3. The van der Waals surface area contributed by atoms with Gasteiger partial charge in [-0.2, -0.15) is 0 Å². The van der Waals surface area contributed by atoms with Crippen molar-refractivity contribution in [2.24, 2.45) is 7.05 Å². The number of halogens is 1. The van der Waals surface area contributed by atoms with E-state index in [1.807, 2.05) is 10.8 Å². The summed E-state index contributed by atoms with van der Waals surface area (Å²) in [5.74, 6) is -0.504. The largest absolute Gasteiger partial charge is 0.351 e. The number of amides is 1. The molecule has 3 aromatic rings. The summed E-state index contributed by atoms with van der Waals surface area (Å²) in [4.78, 5) is 16.2. The lowest BCUT2D eigenvalue weighted by Crippen LogP contribution is -2.26. The average molecular weight is 300 g/mol. The first-order valence-electron chi connectivity index (χ1n) is 7.14. The summed E-state index contributed by atoms with van der Waals surface area (Å²) in [7, 11) is 1.77. The lowest BCUT2D eigenvalue weighted by atomic mass is 10.2. The zero-order chi connectivity index (χ0) is 15.5. The number of benzene rings is 1. The summed E-state index contributed by atoms with van der Waals surface area (Å²) in [6, 6.07) is 6.43. The molecule has 0 atom stereocenters. The molecule has 114 valence electrons. The predicted octanol–water partition coefficient (Wildman–Crippen LogP) is 2.33. The van der Waals surface area contributed by atoms with Crippen LogP contribution in [0.15, 0.2) is 43.0 Å². The first-order valence-corrected chi connectivity index (χ1v) is 7.14. The quantitative estimate of drug-likeness (QED) is 0.735. The molecular formula is C16H17FN4O. The van der Waals surface area contributed by atoms with Gasteiger partial charge in [0, 0.05) is 37.9 Å². The molecule has 0 aliphatic heterocycles. The molecule has 0 aliphatic rings. The van der Waals surface area contributed by atoms with Gasteiger partial charge >= 0.3 is 0 Å². The van der Waals surface area contributed by atoms with E-state index in [0.717, 1.165) is 13.0 Å². The Morgan fingerprint density at radius 2 is 2.27 bits per heavy atom. The zero-order valence-corrected chi connectivity index (χ0v) is 12.3. The van der Waals surface area contributed by atoms with E-state index >= 15 is 0 Å². The molecule has 3 rings (SSSR count). The van der Waals surface area contributed by atoms with Crippen LogP contribution in [0.5, 0.6) is 0 Å². The summed E-state index contributed by atoms with van der Waals surface area (Å²) in [6.45, 7) is 1.35. The number of carbonyl (C=O) groups is 1. The normalized spacial score (nSPS) is 11.0. The second-order valence-corrected chi connectivity index (χ2v) is 5.17. The van der Waals surface area contributed by atoms with Crippen LogP contribution in [0.4, 0.5) is 4.39 Å². The Bertz CT molecular complexity index is 792. The third-order valence-corrected chi connectivity index (χ3v) is 3.70. The SMILES string of the molecule is Cn1c(C(=O)NCCCn2ccnc2)cc2c(F)cccc21. The van der Waals surface area contributed by atoms with Crippen molar-refractivity contribution in [1.82, 2.24) is 19.4 Å². The highest BCUT2D eigenvalue weighted by Crippen LogP contribution is 2.21. The molecule has 0 unspecified atom stereocenters. The minimum atomic E-state index is -0.313. The Labute approximate surface area is 127 Å². The van der Waals surface area contributed by atoms with E-state index in [1.165, 1.54) is 6.07 Å². The average Bonchev–Trinajstić information content (AvgIpc) is 3.13. The van der Waals surface area contributed by atoms with Crippen LogP contribution < -0.4 is 5.32 Å². The van der Waals surface area contributed by atoms with Gasteiger partial charge in [-0.05, 0) is 24.6 Å². The molecule has 1 amide bonds. The maximum atomic E-state index is 13.8. The molecule has 1 aromatic carbocycles. The van der Waals surface area contributed by atoms with Gasteiger partial charge in [0.1, 0.15) is 11.5 Å². The molecule has 0 spiro atoms. The standard InChI is InChI=1S/C16H17FN4O/c1-20-14-5-2-4-13(17)12(14)10-15(20)16(22)19-6-3-8-21-9-7-18-11-21/h2,4-5,7,9-11H,3,6,8H2,1H3,(H,19,22). The Balaban J connectivity index is 1.65. The number of rotatable bonds is 5. The maximum absolute atomic E-state index is 13.8. The molecule has 2 heterocycles. The summed E-state index contributed by atoms with van der Waals surface area (Å²) >= 11 is 0. The van der Waals surface area contributed by atoms with Gasteiger partial charge in [0.15, 0.2) is 0 Å². The van der Waals surface area contributed by atoms with Gasteiger partial charge in [0.25, 0.3) is 5.91 Å². The molecule has 6 heteroatoms. The second kappa shape index (κ2) is 6.01. The van der Waals surface area contributed by atoms with Gasteiger partial charge in [0.05, 0.1) is 11.8 Å². The Morgan fingerprint density at radius 1 is 1.41 bits per heavy atom. The fraction of sp³-hybridized carbons (Fsp3) is 0.250. The molecule has 5 nitrogen and oxygen atoms in total. The van der Waals surface area contributed by atoms with Crippen molar-refractivity contribution < 1.29 is 9.18 Å². The number of aryl methyl sites for hydroxylation is 2. The highest BCUT2D eigenvalue weighted by atomic mass is 19.1. The van der Waals surface area contributed by atoms with Gasteiger partial charge in [-0.3, -0.25) is 4.79 Å². The number of hydrogen-bond donors (Lipinski definition) is 1. The van der Waals surface area contributed by atoms with Crippen molar-refractivity contribution >= 4 is 16.8 Å². The van der Waals surface area contributed by atoms with Gasteiger partial charge in [0.2, 0.25) is 0 Å². The molecular weight excluding hydrogens is 283 g/mol. The monoisotopic (exact) mass is 300 g/mol.